The number of alkyl halides is 3. The van der Waals surface area contributed by atoms with Gasteiger partial charge in [0, 0.05) is 5.56 Å². The first-order valence-electron chi connectivity index (χ1n) is 5.34. The lowest BCUT2D eigenvalue weighted by Crippen LogP contribution is -2.10. The highest BCUT2D eigenvalue weighted by atomic mass is 32.2. The Morgan fingerprint density at radius 1 is 1.33 bits per heavy atom. The van der Waals surface area contributed by atoms with Crippen molar-refractivity contribution in [1.82, 2.24) is 0 Å². The number of halogens is 4. The van der Waals surface area contributed by atoms with Crippen LogP contribution in [0.15, 0.2) is 18.2 Å². The van der Waals surface area contributed by atoms with Gasteiger partial charge in [0.2, 0.25) is 0 Å². The number of hydrogen-bond donors (Lipinski definition) is 0. The van der Waals surface area contributed by atoms with E-state index >= 15 is 0 Å². The number of thioether (sulfide) groups is 1. The molecule has 18 heavy (non-hydrogen) atoms. The second-order valence-electron chi connectivity index (χ2n) is 3.67. The standard InChI is InChI=1S/C12H12F4OS/c1-2-5-18-7-11(17)8-3-4-9(10(13)6-8)12(14,15)16/h3-4,6H,2,5,7H2,1H3. The quantitative estimate of drug-likeness (QED) is 0.457. The highest BCUT2D eigenvalue weighted by molar-refractivity contribution is 7.99. The highest BCUT2D eigenvalue weighted by Crippen LogP contribution is 2.31. The van der Waals surface area contributed by atoms with Gasteiger partial charge in [-0.3, -0.25) is 4.79 Å². The molecule has 0 fully saturated rings. The Morgan fingerprint density at radius 2 is 2.00 bits per heavy atom. The molecule has 0 aromatic heterocycles. The summed E-state index contributed by atoms with van der Waals surface area (Å²) in [5.74, 6) is -0.831. The van der Waals surface area contributed by atoms with Gasteiger partial charge in [-0.15, -0.1) is 0 Å². The number of Topliss-reactive ketones (excluding diaryl/α,β-unsaturated/α-hetero) is 1. The van der Waals surface area contributed by atoms with Gasteiger partial charge in [-0.2, -0.15) is 24.9 Å². The molecule has 0 spiro atoms. The van der Waals surface area contributed by atoms with E-state index in [1.165, 1.54) is 11.8 Å². The Morgan fingerprint density at radius 3 is 2.50 bits per heavy atom. The average Bonchev–Trinajstić information content (AvgIpc) is 2.27. The van der Waals surface area contributed by atoms with E-state index in [4.69, 9.17) is 0 Å². The molecule has 0 aliphatic carbocycles. The van der Waals surface area contributed by atoms with E-state index in [0.717, 1.165) is 18.2 Å². The first-order chi connectivity index (χ1) is 8.36. The summed E-state index contributed by atoms with van der Waals surface area (Å²) >= 11 is 1.38. The van der Waals surface area contributed by atoms with Crippen molar-refractivity contribution in [2.45, 2.75) is 19.5 Å². The lowest BCUT2D eigenvalue weighted by atomic mass is 10.1. The van der Waals surface area contributed by atoms with Crippen LogP contribution in [0.4, 0.5) is 17.6 Å². The maximum Gasteiger partial charge on any atom is 0.419 e. The van der Waals surface area contributed by atoms with E-state index in [9.17, 15) is 22.4 Å². The lowest BCUT2D eigenvalue weighted by molar-refractivity contribution is -0.140. The van der Waals surface area contributed by atoms with Gasteiger partial charge in [-0.25, -0.2) is 4.39 Å². The van der Waals surface area contributed by atoms with Crippen molar-refractivity contribution in [3.63, 3.8) is 0 Å². The number of rotatable bonds is 5. The number of ketones is 1. The molecule has 0 aliphatic rings. The molecule has 0 atom stereocenters. The summed E-state index contributed by atoms with van der Waals surface area (Å²) in [4.78, 5) is 11.6. The first kappa shape index (κ1) is 15.0. The number of carbonyl (C=O) groups is 1. The predicted octanol–water partition coefficient (Wildman–Crippen LogP) is 4.17. The molecule has 0 bridgehead atoms. The molecular formula is C12H12F4OS. The number of hydrogen-bond acceptors (Lipinski definition) is 2. The van der Waals surface area contributed by atoms with E-state index in [1.807, 2.05) is 6.92 Å². The van der Waals surface area contributed by atoms with Gasteiger partial charge in [0.15, 0.2) is 5.78 Å². The summed E-state index contributed by atoms with van der Waals surface area (Å²) in [6, 6.07) is 2.27. The van der Waals surface area contributed by atoms with Crippen molar-refractivity contribution >= 4 is 17.5 Å². The molecule has 0 amide bonds. The van der Waals surface area contributed by atoms with Gasteiger partial charge >= 0.3 is 6.18 Å². The Labute approximate surface area is 107 Å². The highest BCUT2D eigenvalue weighted by Gasteiger charge is 2.34. The third-order valence-corrected chi connectivity index (χ3v) is 3.34. The third kappa shape index (κ3) is 4.01. The Balaban J connectivity index is 2.81. The van der Waals surface area contributed by atoms with Crippen molar-refractivity contribution in [2.75, 3.05) is 11.5 Å². The van der Waals surface area contributed by atoms with Crippen LogP contribution in [-0.4, -0.2) is 17.3 Å². The predicted molar refractivity (Wildman–Crippen MR) is 63.3 cm³/mol. The summed E-state index contributed by atoms with van der Waals surface area (Å²) in [6.07, 6.45) is -3.83. The fourth-order valence-corrected chi connectivity index (χ4v) is 2.10. The largest absolute Gasteiger partial charge is 0.419 e. The maximum atomic E-state index is 13.2. The molecule has 0 saturated heterocycles. The van der Waals surface area contributed by atoms with Gasteiger partial charge in [0.1, 0.15) is 5.82 Å². The van der Waals surface area contributed by atoms with E-state index in [-0.39, 0.29) is 17.1 Å². The minimum Gasteiger partial charge on any atom is -0.293 e. The van der Waals surface area contributed by atoms with Crippen molar-refractivity contribution in [3.8, 4) is 0 Å². The van der Waals surface area contributed by atoms with Crippen LogP contribution >= 0.6 is 11.8 Å². The zero-order chi connectivity index (χ0) is 13.8. The molecule has 100 valence electrons. The molecular weight excluding hydrogens is 268 g/mol. The Kier molecular flexibility index (Phi) is 5.19. The first-order valence-corrected chi connectivity index (χ1v) is 6.49. The van der Waals surface area contributed by atoms with Crippen LogP contribution in [0.3, 0.4) is 0 Å². The van der Waals surface area contributed by atoms with Crippen LogP contribution in [0.1, 0.15) is 29.3 Å². The molecule has 1 nitrogen and oxygen atoms in total. The second kappa shape index (κ2) is 6.22. The molecule has 1 rings (SSSR count). The minimum absolute atomic E-state index is 0.0240. The minimum atomic E-state index is -4.73. The molecule has 0 radical (unpaired) electrons. The smallest absolute Gasteiger partial charge is 0.293 e. The maximum absolute atomic E-state index is 13.2. The molecule has 0 unspecified atom stereocenters. The zero-order valence-electron chi connectivity index (χ0n) is 9.68. The van der Waals surface area contributed by atoms with Crippen LogP contribution in [0.5, 0.6) is 0 Å². The monoisotopic (exact) mass is 280 g/mol. The van der Waals surface area contributed by atoms with E-state index in [1.54, 1.807) is 0 Å². The fraction of sp³-hybridized carbons (Fsp3) is 0.417. The van der Waals surface area contributed by atoms with Crippen LogP contribution in [-0.2, 0) is 6.18 Å². The molecule has 0 heterocycles. The summed E-state index contributed by atoms with van der Waals surface area (Å²) in [5.41, 5.74) is -1.37. The van der Waals surface area contributed by atoms with Crippen LogP contribution in [0, 0.1) is 5.82 Å². The van der Waals surface area contributed by atoms with Gasteiger partial charge in [0.25, 0.3) is 0 Å². The van der Waals surface area contributed by atoms with Crippen molar-refractivity contribution in [2.24, 2.45) is 0 Å². The van der Waals surface area contributed by atoms with Gasteiger partial charge < -0.3 is 0 Å². The molecule has 1 aromatic rings. The molecule has 0 saturated carbocycles. The number of carbonyl (C=O) groups excluding carboxylic acids is 1. The molecule has 0 aliphatic heterocycles. The van der Waals surface area contributed by atoms with Crippen LogP contribution < -0.4 is 0 Å². The fourth-order valence-electron chi connectivity index (χ4n) is 1.31. The second-order valence-corrected chi connectivity index (χ2v) is 4.77. The van der Waals surface area contributed by atoms with Crippen molar-refractivity contribution in [3.05, 3.63) is 35.1 Å². The van der Waals surface area contributed by atoms with Gasteiger partial charge in [-0.05, 0) is 24.3 Å². The summed E-state index contributed by atoms with van der Waals surface area (Å²) in [5, 5.41) is 0. The van der Waals surface area contributed by atoms with E-state index in [0.29, 0.717) is 12.1 Å². The summed E-state index contributed by atoms with van der Waals surface area (Å²) in [6.45, 7) is 1.95. The Bertz CT molecular complexity index is 429. The normalized spacial score (nSPS) is 11.6. The van der Waals surface area contributed by atoms with Crippen LogP contribution in [0.2, 0.25) is 0 Å². The lowest BCUT2D eigenvalue weighted by Gasteiger charge is -2.08. The molecule has 6 heteroatoms. The summed E-state index contributed by atoms with van der Waals surface area (Å²) in [7, 11) is 0. The molecule has 0 N–H and O–H groups in total. The Hall–Kier alpha value is -1.04. The van der Waals surface area contributed by atoms with E-state index in [2.05, 4.69) is 0 Å². The topological polar surface area (TPSA) is 17.1 Å². The van der Waals surface area contributed by atoms with Gasteiger partial charge in [0.05, 0.1) is 11.3 Å². The number of benzene rings is 1. The van der Waals surface area contributed by atoms with Gasteiger partial charge in [-0.1, -0.05) is 13.0 Å². The van der Waals surface area contributed by atoms with Crippen LogP contribution in [0.25, 0.3) is 0 Å². The van der Waals surface area contributed by atoms with Crippen molar-refractivity contribution in [1.29, 1.82) is 0 Å². The SMILES string of the molecule is CCCSCC(=O)c1ccc(C(F)(F)F)c(F)c1. The third-order valence-electron chi connectivity index (χ3n) is 2.18. The molecule has 1 aromatic carbocycles. The van der Waals surface area contributed by atoms with Crippen molar-refractivity contribution < 1.29 is 22.4 Å². The average molecular weight is 280 g/mol. The van der Waals surface area contributed by atoms with E-state index < -0.39 is 17.6 Å². The zero-order valence-corrected chi connectivity index (χ0v) is 10.5. The summed E-state index contributed by atoms with van der Waals surface area (Å²) < 4.78 is 50.1.